The molecular weight excluding hydrogens is 1070 g/mol. The molecule has 4 aliphatic carbocycles. The number of hydrogen-bond donors (Lipinski definition) is 10. The maximum absolute atomic E-state index is 13.0. The smallest absolute Gasteiger partial charge is 0.392 e. The Balaban J connectivity index is 0.785. The largest absolute Gasteiger partial charge is 0.481 e. The molecule has 2 aromatic rings. The van der Waals surface area contributed by atoms with Crippen molar-refractivity contribution in [3.8, 4) is 0 Å². The van der Waals surface area contributed by atoms with Crippen LogP contribution in [0.3, 0.4) is 0 Å². The number of aliphatic hydroxyl groups is 3. The number of anilines is 1. The average Bonchev–Trinajstić information content (AvgIpc) is 4.01. The molecule has 5 aliphatic rings. The van der Waals surface area contributed by atoms with Gasteiger partial charge in [0, 0.05) is 43.5 Å². The number of phosphoric ester groups is 3. The van der Waals surface area contributed by atoms with Crippen LogP contribution in [-0.2, 0) is 55.5 Å². The number of aliphatic hydroxyl groups excluding tert-OH is 3. The number of thioether (sulfide) groups is 1. The van der Waals surface area contributed by atoms with E-state index >= 15 is 0 Å². The summed E-state index contributed by atoms with van der Waals surface area (Å²) in [6.45, 7) is 7.18. The summed E-state index contributed by atoms with van der Waals surface area (Å²) < 4.78 is 62.7. The second-order valence-electron chi connectivity index (χ2n) is 21.6. The van der Waals surface area contributed by atoms with E-state index in [1.807, 2.05) is 6.08 Å². The lowest BCUT2D eigenvalue weighted by atomic mass is 9.46. The van der Waals surface area contributed by atoms with Crippen molar-refractivity contribution in [2.24, 2.45) is 45.8 Å². The molecule has 75 heavy (non-hydrogen) atoms. The highest BCUT2D eigenvalue weighted by atomic mass is 32.2. The Morgan fingerprint density at radius 2 is 1.69 bits per heavy atom. The number of nitrogens with zero attached hydrogens (tertiary/aromatic N) is 4. The second kappa shape index (κ2) is 23.3. The van der Waals surface area contributed by atoms with E-state index in [2.05, 4.69) is 55.2 Å². The predicted octanol–water partition coefficient (Wildman–Crippen LogP) is 3.20. The molecule has 1 saturated heterocycles. The predicted molar refractivity (Wildman–Crippen MR) is 267 cm³/mol. The zero-order valence-electron chi connectivity index (χ0n) is 42.3. The number of rotatable bonds is 23. The Kier molecular flexibility index (Phi) is 18.5. The Morgan fingerprint density at radius 3 is 2.41 bits per heavy atom. The van der Waals surface area contributed by atoms with Crippen molar-refractivity contribution >= 4 is 74.9 Å². The quantitative estimate of drug-likeness (QED) is 0.0564. The topological polar surface area (TPSA) is 401 Å². The van der Waals surface area contributed by atoms with E-state index in [4.69, 9.17) is 19.5 Å². The number of carbonyl (C=O) groups excluding carboxylic acids is 4. The van der Waals surface area contributed by atoms with E-state index in [0.717, 1.165) is 73.9 Å². The maximum Gasteiger partial charge on any atom is 0.481 e. The minimum Gasteiger partial charge on any atom is -0.392 e. The molecule has 420 valence electrons. The number of nitrogens with one attached hydrogen (secondary N) is 2. The number of imidazole rings is 1. The molecule has 2 amide bonds. The average molecular weight is 1140 g/mol. The van der Waals surface area contributed by atoms with Gasteiger partial charge in [-0.25, -0.2) is 28.6 Å². The summed E-state index contributed by atoms with van der Waals surface area (Å²) >= 11 is 1.02. The van der Waals surface area contributed by atoms with Gasteiger partial charge in [0.2, 0.25) is 11.8 Å². The molecule has 26 nitrogen and oxygen atoms in total. The van der Waals surface area contributed by atoms with E-state index in [1.54, 1.807) is 0 Å². The number of fused-ring (bicyclic) bond motifs is 6. The van der Waals surface area contributed by atoms with Crippen LogP contribution >= 0.6 is 35.2 Å². The first-order chi connectivity index (χ1) is 34.9. The normalized spacial score (nSPS) is 31.7. The number of aromatic nitrogens is 4. The SMILES string of the molecule is CC(C(O)CC(=O)SCCNC(=O)CCNC(=O)C(O)C(C)(C)COP(=O)(O)OP(=O)(O)OCC1OC(n2cnc3c(N)ncnc32)C(O)C1OP(=O)(O)O)C1CCC2C3CCC4=CC(=O)CCC4(C)C3CCC12C. The molecule has 3 heterocycles. The standard InChI is InChI=1S/C45H70N7O19P3S/c1-24(28-8-9-29-27-7-6-25-18-26(53)10-13-44(25,4)30(27)11-14-45(28,29)5)31(54)19-34(56)75-17-16-47-33(55)12-15-48-41(59)38(58)43(2,3)21-68-74(65,66)71-73(63,64)67-20-32-37(70-72(60,61)62)36(57)42(69-32)52-23-51-35-39(46)49-22-50-40(35)52/h18,22-24,27-32,36-38,42,54,57-58H,6-17,19-21H2,1-5H3,(H,47,55)(H,48,59)(H,63,64)(H,65,66)(H2,46,49,50)(H2,60,61,62). The van der Waals surface area contributed by atoms with Crippen molar-refractivity contribution in [1.82, 2.24) is 30.2 Å². The summed E-state index contributed by atoms with van der Waals surface area (Å²) in [6, 6.07) is 0. The molecule has 4 fully saturated rings. The van der Waals surface area contributed by atoms with Crippen LogP contribution < -0.4 is 16.4 Å². The highest BCUT2D eigenvalue weighted by molar-refractivity contribution is 8.13. The summed E-state index contributed by atoms with van der Waals surface area (Å²) in [5.74, 6) is 0.931. The van der Waals surface area contributed by atoms with E-state index in [0.29, 0.717) is 24.2 Å². The molecule has 15 unspecified atom stereocenters. The molecule has 11 N–H and O–H groups in total. The van der Waals surface area contributed by atoms with Crippen LogP contribution in [0.5, 0.6) is 0 Å². The Morgan fingerprint density at radius 1 is 0.973 bits per heavy atom. The van der Waals surface area contributed by atoms with Crippen LogP contribution in [0.2, 0.25) is 0 Å². The van der Waals surface area contributed by atoms with Gasteiger partial charge in [-0.1, -0.05) is 52.0 Å². The van der Waals surface area contributed by atoms with Crippen molar-refractivity contribution < 1.29 is 90.4 Å². The monoisotopic (exact) mass is 1140 g/mol. The number of phosphoric acid groups is 3. The number of ether oxygens (including phenoxy) is 1. The molecular formula is C45H70N7O19P3S. The molecule has 0 bridgehead atoms. The van der Waals surface area contributed by atoms with Crippen molar-refractivity contribution in [2.45, 2.75) is 136 Å². The fourth-order valence-electron chi connectivity index (χ4n) is 12.4. The molecule has 7 rings (SSSR count). The summed E-state index contributed by atoms with van der Waals surface area (Å²) in [4.78, 5) is 102. The first kappa shape index (κ1) is 59.6. The zero-order valence-corrected chi connectivity index (χ0v) is 45.8. The fraction of sp³-hybridized carbons (Fsp3) is 0.756. The number of ketones is 1. The molecule has 0 radical (unpaired) electrons. The van der Waals surface area contributed by atoms with Crippen LogP contribution in [-0.4, -0.2) is 140 Å². The highest BCUT2D eigenvalue weighted by Gasteiger charge is 2.60. The lowest BCUT2D eigenvalue weighted by Gasteiger charge is -2.58. The molecule has 3 saturated carbocycles. The molecule has 0 aromatic carbocycles. The van der Waals surface area contributed by atoms with Gasteiger partial charge in [0.05, 0.1) is 25.6 Å². The first-order valence-corrected chi connectivity index (χ1v) is 30.4. The summed E-state index contributed by atoms with van der Waals surface area (Å²) in [5.41, 5.74) is 5.76. The summed E-state index contributed by atoms with van der Waals surface area (Å²) in [5, 5.41) is 37.9. The van der Waals surface area contributed by atoms with E-state index < -0.39 is 90.7 Å². The van der Waals surface area contributed by atoms with Gasteiger partial charge < -0.3 is 56.0 Å². The Hall–Kier alpha value is -3.07. The minimum absolute atomic E-state index is 0.00871. The molecule has 15 atom stereocenters. The summed E-state index contributed by atoms with van der Waals surface area (Å²) in [7, 11) is -16.5. The number of allylic oxidation sites excluding steroid dienone is 1. The number of nitrogen functional groups attached to an aromatic ring is 1. The van der Waals surface area contributed by atoms with E-state index in [-0.39, 0.29) is 82.2 Å². The van der Waals surface area contributed by atoms with Crippen molar-refractivity contribution in [3.63, 3.8) is 0 Å². The van der Waals surface area contributed by atoms with Crippen LogP contribution in [0.1, 0.15) is 105 Å². The Bertz CT molecular complexity index is 2640. The lowest BCUT2D eigenvalue weighted by molar-refractivity contribution is -0.137. The van der Waals surface area contributed by atoms with Gasteiger partial charge in [-0.2, -0.15) is 4.31 Å². The van der Waals surface area contributed by atoms with Crippen LogP contribution in [0, 0.1) is 45.8 Å². The van der Waals surface area contributed by atoms with Crippen LogP contribution in [0.25, 0.3) is 11.2 Å². The summed E-state index contributed by atoms with van der Waals surface area (Å²) in [6.07, 6.45) is 2.02. The van der Waals surface area contributed by atoms with Crippen molar-refractivity contribution in [2.75, 3.05) is 37.8 Å². The zero-order chi connectivity index (χ0) is 55.1. The molecule has 1 aliphatic heterocycles. The van der Waals surface area contributed by atoms with Crippen molar-refractivity contribution in [1.29, 1.82) is 0 Å². The van der Waals surface area contributed by atoms with Crippen LogP contribution in [0.15, 0.2) is 24.3 Å². The number of carbonyl (C=O) groups is 4. The van der Waals surface area contributed by atoms with Crippen LogP contribution in [0.4, 0.5) is 5.82 Å². The second-order valence-corrected chi connectivity index (χ2v) is 27.0. The third-order valence-corrected chi connectivity index (χ3v) is 20.4. The van der Waals surface area contributed by atoms with Gasteiger partial charge in [-0.3, -0.25) is 37.3 Å². The number of amides is 2. The van der Waals surface area contributed by atoms with Gasteiger partial charge >= 0.3 is 23.5 Å². The lowest BCUT2D eigenvalue weighted by Crippen LogP contribution is -2.51. The van der Waals surface area contributed by atoms with E-state index in [1.165, 1.54) is 19.4 Å². The highest BCUT2D eigenvalue weighted by Crippen LogP contribution is 2.68. The van der Waals surface area contributed by atoms with Gasteiger partial charge in [-0.15, -0.1) is 0 Å². The Labute approximate surface area is 437 Å². The van der Waals surface area contributed by atoms with Gasteiger partial charge in [-0.05, 0) is 91.4 Å². The van der Waals surface area contributed by atoms with Gasteiger partial charge in [0.25, 0.3) is 0 Å². The van der Waals surface area contributed by atoms with Gasteiger partial charge in [0.15, 0.2) is 28.6 Å². The number of nitrogens with two attached hydrogens (primary N) is 1. The number of hydrogen-bond acceptors (Lipinski definition) is 20. The molecule has 0 spiro atoms. The third-order valence-electron chi connectivity index (χ3n) is 16.4. The van der Waals surface area contributed by atoms with Gasteiger partial charge in [0.1, 0.15) is 36.3 Å². The van der Waals surface area contributed by atoms with E-state index in [9.17, 15) is 67.8 Å². The van der Waals surface area contributed by atoms with Crippen molar-refractivity contribution in [3.05, 3.63) is 24.3 Å². The maximum atomic E-state index is 13.0. The third kappa shape index (κ3) is 13.7. The minimum atomic E-state index is -5.60. The first-order valence-electron chi connectivity index (χ1n) is 24.9. The molecule has 2 aromatic heterocycles. The fourth-order valence-corrected chi connectivity index (χ4v) is 16.0. The molecule has 30 heteroatoms.